The first-order chi connectivity index (χ1) is 8.11. The number of nitrogens with one attached hydrogen (secondary N) is 1. The number of rotatable bonds is 2. The minimum absolute atomic E-state index is 0.359. The Balaban J connectivity index is 2.41. The predicted octanol–water partition coefficient (Wildman–Crippen LogP) is 3.43. The number of aromatic nitrogens is 1. The molecule has 0 aliphatic rings. The van der Waals surface area contributed by atoms with Crippen molar-refractivity contribution >= 4 is 17.6 Å². The van der Waals surface area contributed by atoms with Crippen molar-refractivity contribution in [3.63, 3.8) is 0 Å². The number of aromatic amines is 1. The summed E-state index contributed by atoms with van der Waals surface area (Å²) in [6.07, 6.45) is 0. The minimum Gasteiger partial charge on any atom is -0.464 e. The number of H-pyrrole nitrogens is 1. The number of ether oxygens (including phenoxy) is 1. The first-order valence-electron chi connectivity index (χ1n) is 5.15. The van der Waals surface area contributed by atoms with Crippen LogP contribution in [0.3, 0.4) is 0 Å². The van der Waals surface area contributed by atoms with Crippen LogP contribution < -0.4 is 0 Å². The van der Waals surface area contributed by atoms with Crippen LogP contribution in [0, 0.1) is 6.92 Å². The van der Waals surface area contributed by atoms with E-state index in [0.717, 1.165) is 16.8 Å². The van der Waals surface area contributed by atoms with Crippen molar-refractivity contribution in [1.29, 1.82) is 0 Å². The molecule has 0 saturated carbocycles. The van der Waals surface area contributed by atoms with Gasteiger partial charge in [0.15, 0.2) is 0 Å². The third kappa shape index (κ3) is 2.34. The molecule has 2 aromatic rings. The van der Waals surface area contributed by atoms with Crippen LogP contribution in [-0.4, -0.2) is 18.1 Å². The Morgan fingerprint density at radius 2 is 1.94 bits per heavy atom. The van der Waals surface area contributed by atoms with Crippen LogP contribution in [0.5, 0.6) is 0 Å². The zero-order valence-corrected chi connectivity index (χ0v) is 10.3. The molecule has 0 spiro atoms. The second-order valence-corrected chi connectivity index (χ2v) is 4.18. The summed E-state index contributed by atoms with van der Waals surface area (Å²) in [5, 5.41) is 0.685. The Bertz CT molecular complexity index is 543. The molecule has 0 atom stereocenters. The lowest BCUT2D eigenvalue weighted by Gasteiger charge is -1.98. The van der Waals surface area contributed by atoms with Gasteiger partial charge in [0.25, 0.3) is 0 Å². The summed E-state index contributed by atoms with van der Waals surface area (Å²) >= 11 is 5.82. The molecule has 1 heterocycles. The molecule has 1 aromatic carbocycles. The number of carbonyl (C=O) groups is 1. The smallest absolute Gasteiger partial charge is 0.354 e. The average Bonchev–Trinajstić information content (AvgIpc) is 2.71. The number of aryl methyl sites for hydroxylation is 1. The summed E-state index contributed by atoms with van der Waals surface area (Å²) < 4.78 is 4.69. The number of carbonyl (C=O) groups excluding carboxylic acids is 1. The lowest BCUT2D eigenvalue weighted by molar-refractivity contribution is 0.0594. The quantitative estimate of drug-likeness (QED) is 0.829. The number of hydrogen-bond donors (Lipinski definition) is 1. The van der Waals surface area contributed by atoms with Gasteiger partial charge in [-0.1, -0.05) is 23.7 Å². The fourth-order valence-electron chi connectivity index (χ4n) is 1.66. The fourth-order valence-corrected chi connectivity index (χ4v) is 1.78. The molecule has 0 unspecified atom stereocenters. The van der Waals surface area contributed by atoms with Crippen molar-refractivity contribution < 1.29 is 9.53 Å². The van der Waals surface area contributed by atoms with Crippen molar-refractivity contribution in [3.8, 4) is 11.3 Å². The summed E-state index contributed by atoms with van der Waals surface area (Å²) in [7, 11) is 1.37. The largest absolute Gasteiger partial charge is 0.464 e. The van der Waals surface area contributed by atoms with Gasteiger partial charge in [0.2, 0.25) is 0 Å². The highest BCUT2D eigenvalue weighted by Crippen LogP contribution is 2.23. The topological polar surface area (TPSA) is 42.1 Å². The Hall–Kier alpha value is -1.74. The summed E-state index contributed by atoms with van der Waals surface area (Å²) in [5.74, 6) is -0.359. The highest BCUT2D eigenvalue weighted by atomic mass is 35.5. The van der Waals surface area contributed by atoms with E-state index in [-0.39, 0.29) is 5.97 Å². The SMILES string of the molecule is COC(=O)c1[nH]c(-c2ccc(Cl)cc2)cc1C. The minimum atomic E-state index is -0.359. The standard InChI is InChI=1S/C13H12ClNO2/c1-8-7-11(15-12(8)13(16)17-2)9-3-5-10(14)6-4-9/h3-7,15H,1-2H3. The van der Waals surface area contributed by atoms with Gasteiger partial charge in [-0.3, -0.25) is 0 Å². The lowest BCUT2D eigenvalue weighted by atomic mass is 10.1. The third-order valence-corrected chi connectivity index (χ3v) is 2.81. The number of hydrogen-bond acceptors (Lipinski definition) is 2. The Morgan fingerprint density at radius 3 is 2.53 bits per heavy atom. The molecule has 17 heavy (non-hydrogen) atoms. The van der Waals surface area contributed by atoms with E-state index in [1.165, 1.54) is 7.11 Å². The van der Waals surface area contributed by atoms with Gasteiger partial charge in [-0.05, 0) is 36.2 Å². The highest BCUT2D eigenvalue weighted by molar-refractivity contribution is 6.30. The van der Waals surface area contributed by atoms with Gasteiger partial charge in [0, 0.05) is 10.7 Å². The monoisotopic (exact) mass is 249 g/mol. The number of esters is 1. The van der Waals surface area contributed by atoms with Gasteiger partial charge in [-0.15, -0.1) is 0 Å². The second kappa shape index (κ2) is 4.63. The van der Waals surface area contributed by atoms with Crippen molar-refractivity contribution in [2.45, 2.75) is 6.92 Å². The number of benzene rings is 1. The van der Waals surface area contributed by atoms with Gasteiger partial charge in [0.05, 0.1) is 7.11 Å². The maximum atomic E-state index is 11.5. The number of halogens is 1. The Labute approximate surface area is 104 Å². The fraction of sp³-hybridized carbons (Fsp3) is 0.154. The molecule has 3 nitrogen and oxygen atoms in total. The third-order valence-electron chi connectivity index (χ3n) is 2.56. The van der Waals surface area contributed by atoms with Gasteiger partial charge in [-0.25, -0.2) is 4.79 Å². The molecule has 1 aromatic heterocycles. The van der Waals surface area contributed by atoms with Crippen molar-refractivity contribution in [1.82, 2.24) is 4.98 Å². The van der Waals surface area contributed by atoms with E-state index in [1.54, 1.807) is 0 Å². The molecule has 0 fully saturated rings. The molecular weight excluding hydrogens is 238 g/mol. The van der Waals surface area contributed by atoms with E-state index in [9.17, 15) is 4.79 Å². The molecule has 88 valence electrons. The molecule has 0 aliphatic carbocycles. The molecule has 1 N–H and O–H groups in total. The molecule has 0 bridgehead atoms. The zero-order valence-electron chi connectivity index (χ0n) is 9.58. The van der Waals surface area contributed by atoms with E-state index < -0.39 is 0 Å². The zero-order chi connectivity index (χ0) is 12.4. The van der Waals surface area contributed by atoms with E-state index in [4.69, 9.17) is 16.3 Å². The van der Waals surface area contributed by atoms with Gasteiger partial charge in [-0.2, -0.15) is 0 Å². The van der Waals surface area contributed by atoms with Crippen LogP contribution >= 0.6 is 11.6 Å². The highest BCUT2D eigenvalue weighted by Gasteiger charge is 2.13. The molecule has 0 amide bonds. The van der Waals surface area contributed by atoms with Crippen LogP contribution in [0.15, 0.2) is 30.3 Å². The first-order valence-corrected chi connectivity index (χ1v) is 5.53. The van der Waals surface area contributed by atoms with E-state index in [0.29, 0.717) is 10.7 Å². The van der Waals surface area contributed by atoms with E-state index >= 15 is 0 Å². The molecule has 0 saturated heterocycles. The van der Waals surface area contributed by atoms with E-state index in [2.05, 4.69) is 4.98 Å². The van der Waals surface area contributed by atoms with Gasteiger partial charge < -0.3 is 9.72 Å². The van der Waals surface area contributed by atoms with E-state index in [1.807, 2.05) is 37.3 Å². The first kappa shape index (κ1) is 11.7. The summed E-state index contributed by atoms with van der Waals surface area (Å²) in [5.41, 5.74) is 3.20. The predicted molar refractivity (Wildman–Crippen MR) is 67.3 cm³/mol. The maximum Gasteiger partial charge on any atom is 0.354 e. The molecular formula is C13H12ClNO2. The second-order valence-electron chi connectivity index (χ2n) is 3.74. The molecule has 4 heteroatoms. The number of methoxy groups -OCH3 is 1. The van der Waals surface area contributed by atoms with Crippen molar-refractivity contribution in [3.05, 3.63) is 46.6 Å². The van der Waals surface area contributed by atoms with Crippen molar-refractivity contribution in [2.24, 2.45) is 0 Å². The van der Waals surface area contributed by atoms with Crippen LogP contribution in [0.4, 0.5) is 0 Å². The summed E-state index contributed by atoms with van der Waals surface area (Å²) in [6.45, 7) is 1.86. The Kier molecular flexibility index (Phi) is 3.20. The lowest BCUT2D eigenvalue weighted by Crippen LogP contribution is -2.03. The summed E-state index contributed by atoms with van der Waals surface area (Å²) in [4.78, 5) is 14.5. The Morgan fingerprint density at radius 1 is 1.29 bits per heavy atom. The van der Waals surface area contributed by atoms with Crippen LogP contribution in [-0.2, 0) is 4.74 Å². The van der Waals surface area contributed by atoms with Crippen molar-refractivity contribution in [2.75, 3.05) is 7.11 Å². The molecule has 0 radical (unpaired) electrons. The van der Waals surface area contributed by atoms with Gasteiger partial charge >= 0.3 is 5.97 Å². The summed E-state index contributed by atoms with van der Waals surface area (Å²) in [6, 6.07) is 9.33. The van der Waals surface area contributed by atoms with Crippen LogP contribution in [0.25, 0.3) is 11.3 Å². The molecule has 2 rings (SSSR count). The maximum absolute atomic E-state index is 11.5. The van der Waals surface area contributed by atoms with Gasteiger partial charge in [0.1, 0.15) is 5.69 Å². The van der Waals surface area contributed by atoms with Crippen LogP contribution in [0.1, 0.15) is 16.1 Å². The normalized spacial score (nSPS) is 10.3. The van der Waals surface area contributed by atoms with Crippen LogP contribution in [0.2, 0.25) is 5.02 Å². The molecule has 0 aliphatic heterocycles. The average molecular weight is 250 g/mol.